The van der Waals surface area contributed by atoms with Crippen LogP contribution in [0.3, 0.4) is 0 Å². The molecule has 0 heterocycles. The Hall–Kier alpha value is -1.60. The lowest BCUT2D eigenvalue weighted by Gasteiger charge is -2.26. The van der Waals surface area contributed by atoms with Crippen molar-refractivity contribution in [2.45, 2.75) is 25.9 Å². The fourth-order valence-corrected chi connectivity index (χ4v) is 5.05. The van der Waals surface area contributed by atoms with Crippen LogP contribution in [-0.4, -0.2) is 25.7 Å². The highest BCUT2D eigenvalue weighted by molar-refractivity contribution is 9.10. The summed E-state index contributed by atoms with van der Waals surface area (Å²) in [4.78, 5) is 12.0. The van der Waals surface area contributed by atoms with Crippen molar-refractivity contribution in [2.24, 2.45) is 0 Å². The van der Waals surface area contributed by atoms with Gasteiger partial charge in [0.1, 0.15) is 0 Å². The molecule has 9 heteroatoms. The molecule has 0 saturated heterocycles. The summed E-state index contributed by atoms with van der Waals surface area (Å²) < 4.78 is 52.2. The highest BCUT2D eigenvalue weighted by atomic mass is 79.9. The van der Waals surface area contributed by atoms with Crippen LogP contribution in [0.1, 0.15) is 35.3 Å². The second kappa shape index (κ2) is 10.4. The standard InChI is InChI=1S/C20H23BrF2NO4P/c1-3-27-29(26,28-4-2)20(22,23)17-11-10-15(14-18(17)21)12-13-24-19(25)16-8-6-5-7-9-16/h5-11,14H,3-4,12-13H2,1-2H3,(H,24,25). The minimum absolute atomic E-state index is 0.0917. The summed E-state index contributed by atoms with van der Waals surface area (Å²) in [6, 6.07) is 13.0. The first-order valence-electron chi connectivity index (χ1n) is 9.14. The lowest BCUT2D eigenvalue weighted by Crippen LogP contribution is -2.25. The molecular weight excluding hydrogens is 467 g/mol. The summed E-state index contributed by atoms with van der Waals surface area (Å²) in [5, 5.41) is 2.78. The number of amides is 1. The maximum absolute atomic E-state index is 14.9. The maximum Gasteiger partial charge on any atom is 0.404 e. The third-order valence-corrected chi connectivity index (χ3v) is 6.82. The van der Waals surface area contributed by atoms with Gasteiger partial charge in [-0.25, -0.2) is 0 Å². The van der Waals surface area contributed by atoms with Gasteiger partial charge in [0, 0.05) is 22.1 Å². The monoisotopic (exact) mass is 489 g/mol. The van der Waals surface area contributed by atoms with Gasteiger partial charge in [-0.1, -0.05) is 46.3 Å². The number of carbonyl (C=O) groups is 1. The van der Waals surface area contributed by atoms with Gasteiger partial charge in [0.25, 0.3) is 5.91 Å². The molecule has 2 rings (SSSR count). The second-order valence-electron chi connectivity index (χ2n) is 6.06. The zero-order valence-electron chi connectivity index (χ0n) is 16.2. The summed E-state index contributed by atoms with van der Waals surface area (Å²) >= 11 is 3.14. The van der Waals surface area contributed by atoms with Crippen LogP contribution >= 0.6 is 23.5 Å². The summed E-state index contributed by atoms with van der Waals surface area (Å²) in [5.41, 5.74) is -3.00. The van der Waals surface area contributed by atoms with E-state index >= 15 is 0 Å². The number of alkyl halides is 2. The highest BCUT2D eigenvalue weighted by Gasteiger charge is 2.55. The van der Waals surface area contributed by atoms with Gasteiger partial charge in [-0.15, -0.1) is 0 Å². The van der Waals surface area contributed by atoms with Crippen LogP contribution in [0.5, 0.6) is 0 Å². The van der Waals surface area contributed by atoms with Crippen molar-refractivity contribution in [3.63, 3.8) is 0 Å². The number of hydrogen-bond acceptors (Lipinski definition) is 4. The van der Waals surface area contributed by atoms with Crippen molar-refractivity contribution in [3.8, 4) is 0 Å². The van der Waals surface area contributed by atoms with E-state index in [1.165, 1.54) is 32.0 Å². The zero-order valence-corrected chi connectivity index (χ0v) is 18.6. The molecule has 0 bridgehead atoms. The van der Waals surface area contributed by atoms with Gasteiger partial charge in [-0.2, -0.15) is 8.78 Å². The molecule has 0 radical (unpaired) electrons. The van der Waals surface area contributed by atoms with Crippen molar-refractivity contribution in [1.29, 1.82) is 0 Å². The van der Waals surface area contributed by atoms with Gasteiger partial charge in [-0.3, -0.25) is 9.36 Å². The van der Waals surface area contributed by atoms with Crippen LogP contribution in [-0.2, 0) is 25.7 Å². The molecule has 1 amide bonds. The number of hydrogen-bond donors (Lipinski definition) is 1. The summed E-state index contributed by atoms with van der Waals surface area (Å²) in [7, 11) is -4.67. The molecule has 29 heavy (non-hydrogen) atoms. The van der Waals surface area contributed by atoms with E-state index in [-0.39, 0.29) is 23.6 Å². The van der Waals surface area contributed by atoms with Crippen LogP contribution in [0.15, 0.2) is 53.0 Å². The van der Waals surface area contributed by atoms with Crippen molar-refractivity contribution >= 4 is 29.4 Å². The molecule has 2 aromatic rings. The lowest BCUT2D eigenvalue weighted by atomic mass is 10.1. The first kappa shape index (κ1) is 23.7. The number of benzene rings is 2. The number of halogens is 3. The van der Waals surface area contributed by atoms with E-state index in [9.17, 15) is 18.1 Å². The van der Waals surface area contributed by atoms with E-state index in [0.717, 1.165) is 5.56 Å². The second-order valence-corrected chi connectivity index (χ2v) is 8.99. The van der Waals surface area contributed by atoms with E-state index in [4.69, 9.17) is 9.05 Å². The smallest absolute Gasteiger partial charge is 0.352 e. The predicted octanol–water partition coefficient (Wildman–Crippen LogP) is 5.74. The van der Waals surface area contributed by atoms with Crippen LogP contribution in [0.2, 0.25) is 0 Å². The Bertz CT molecular complexity index is 870. The molecule has 0 unspecified atom stereocenters. The quantitative estimate of drug-likeness (QED) is 0.432. The molecular formula is C20H23BrF2NO4P. The number of carbonyl (C=O) groups excluding carboxylic acids is 1. The Balaban J connectivity index is 2.09. The molecule has 0 aliphatic heterocycles. The summed E-state index contributed by atoms with van der Waals surface area (Å²) in [6.07, 6.45) is 0.442. The van der Waals surface area contributed by atoms with E-state index in [0.29, 0.717) is 18.5 Å². The van der Waals surface area contributed by atoms with Gasteiger partial charge in [-0.05, 0) is 44.0 Å². The third-order valence-electron chi connectivity index (χ3n) is 4.03. The van der Waals surface area contributed by atoms with Gasteiger partial charge in [0.2, 0.25) is 0 Å². The van der Waals surface area contributed by atoms with Crippen molar-refractivity contribution in [3.05, 3.63) is 69.7 Å². The SMILES string of the molecule is CCOP(=O)(OCC)C(F)(F)c1ccc(CCNC(=O)c2ccccc2)cc1Br. The largest absolute Gasteiger partial charge is 0.404 e. The topological polar surface area (TPSA) is 64.6 Å². The lowest BCUT2D eigenvalue weighted by molar-refractivity contribution is 0.0354. The van der Waals surface area contributed by atoms with Crippen LogP contribution < -0.4 is 5.32 Å². The average Bonchev–Trinajstić information content (AvgIpc) is 2.68. The molecule has 0 aromatic heterocycles. The van der Waals surface area contributed by atoms with E-state index in [2.05, 4.69) is 21.2 Å². The molecule has 1 N–H and O–H groups in total. The Morgan fingerprint density at radius 3 is 2.28 bits per heavy atom. The highest BCUT2D eigenvalue weighted by Crippen LogP contribution is 2.67. The fraction of sp³-hybridized carbons (Fsp3) is 0.350. The molecule has 0 atom stereocenters. The van der Waals surface area contributed by atoms with Gasteiger partial charge >= 0.3 is 13.3 Å². The van der Waals surface area contributed by atoms with Gasteiger partial charge in [0.15, 0.2) is 0 Å². The number of nitrogens with one attached hydrogen (secondary N) is 1. The predicted molar refractivity (Wildman–Crippen MR) is 111 cm³/mol. The molecule has 0 fully saturated rings. The maximum atomic E-state index is 14.9. The molecule has 2 aromatic carbocycles. The van der Waals surface area contributed by atoms with Crippen molar-refractivity contribution in [1.82, 2.24) is 5.32 Å². The first-order valence-corrected chi connectivity index (χ1v) is 11.5. The van der Waals surface area contributed by atoms with Crippen LogP contribution in [0.4, 0.5) is 8.78 Å². The van der Waals surface area contributed by atoms with Gasteiger partial charge < -0.3 is 14.4 Å². The van der Waals surface area contributed by atoms with E-state index in [1.54, 1.807) is 24.3 Å². The molecule has 0 aliphatic carbocycles. The Morgan fingerprint density at radius 2 is 1.72 bits per heavy atom. The minimum Gasteiger partial charge on any atom is -0.352 e. The summed E-state index contributed by atoms with van der Waals surface area (Å²) in [6.45, 7) is 2.97. The molecule has 158 valence electrons. The van der Waals surface area contributed by atoms with Crippen LogP contribution in [0, 0.1) is 0 Å². The average molecular weight is 490 g/mol. The van der Waals surface area contributed by atoms with Crippen molar-refractivity contribution in [2.75, 3.05) is 19.8 Å². The molecule has 0 aliphatic rings. The first-order chi connectivity index (χ1) is 13.7. The van der Waals surface area contributed by atoms with Crippen molar-refractivity contribution < 1.29 is 27.2 Å². The fourth-order valence-electron chi connectivity index (χ4n) is 2.66. The zero-order chi connectivity index (χ0) is 21.5. The third kappa shape index (κ3) is 5.72. The normalized spacial score (nSPS) is 12.0. The Morgan fingerprint density at radius 1 is 1.10 bits per heavy atom. The number of rotatable bonds is 10. The molecule has 5 nitrogen and oxygen atoms in total. The Labute approximate surface area is 177 Å². The van der Waals surface area contributed by atoms with Gasteiger partial charge in [0.05, 0.1) is 13.2 Å². The molecule has 0 spiro atoms. The Kier molecular flexibility index (Phi) is 8.52. The van der Waals surface area contributed by atoms with E-state index < -0.39 is 18.8 Å². The minimum atomic E-state index is -4.67. The molecule has 0 saturated carbocycles. The van der Waals surface area contributed by atoms with Crippen LogP contribution in [0.25, 0.3) is 0 Å². The summed E-state index contributed by atoms with van der Waals surface area (Å²) in [5.74, 6) is -0.206. The van der Waals surface area contributed by atoms with E-state index in [1.807, 2.05) is 6.07 Å².